The molecule has 0 radical (unpaired) electrons. The van der Waals surface area contributed by atoms with Crippen molar-refractivity contribution in [3.8, 4) is 33.4 Å². The zero-order valence-corrected chi connectivity index (χ0v) is 35.8. The van der Waals surface area contributed by atoms with Crippen LogP contribution in [-0.4, -0.2) is 5.71 Å². The predicted octanol–water partition coefficient (Wildman–Crippen LogP) is 16.6. The van der Waals surface area contributed by atoms with Gasteiger partial charge in [0.2, 0.25) is 0 Å². The summed E-state index contributed by atoms with van der Waals surface area (Å²) in [5.74, 6) is 0.719. The molecular weight excluding hydrogens is 755 g/mol. The van der Waals surface area contributed by atoms with Gasteiger partial charge in [0.05, 0.1) is 11.4 Å². The highest BCUT2D eigenvalue weighted by Crippen LogP contribution is 2.49. The van der Waals surface area contributed by atoms with Crippen LogP contribution in [0, 0.1) is 0 Å². The highest BCUT2D eigenvalue weighted by molar-refractivity contribution is 6.26. The normalized spacial score (nSPS) is 13.8. The van der Waals surface area contributed by atoms with Crippen molar-refractivity contribution in [2.24, 2.45) is 4.99 Å². The first-order valence-electron chi connectivity index (χ1n) is 21.3. The zero-order chi connectivity index (χ0) is 42.7. The molecule has 2 aromatic heterocycles. The number of benzene rings is 7. The Morgan fingerprint density at radius 3 is 2.00 bits per heavy atom. The summed E-state index contributed by atoms with van der Waals surface area (Å²) in [7, 11) is 0. The van der Waals surface area contributed by atoms with Gasteiger partial charge in [-0.1, -0.05) is 154 Å². The third kappa shape index (κ3) is 6.32. The van der Waals surface area contributed by atoms with Crippen molar-refractivity contribution >= 4 is 62.0 Å². The van der Waals surface area contributed by atoms with Crippen LogP contribution in [-0.2, 0) is 5.41 Å². The SMILES string of the molecule is C=Cc1oc2cccc(C(=C)N=C(/C(C)=C(\C)c3ccccc3)c3cccc4oc5ccc(-c6cccc(-c7ccc8c(c7)C(C)(C)c7ccccc7-8)c6)cc5c34)c2c1/C=C\C. The molecular formula is C59H47NO2. The second kappa shape index (κ2) is 15.2. The van der Waals surface area contributed by atoms with Crippen LogP contribution >= 0.6 is 0 Å². The molecule has 0 aliphatic heterocycles. The molecule has 1 aliphatic carbocycles. The third-order valence-corrected chi connectivity index (χ3v) is 12.8. The highest BCUT2D eigenvalue weighted by atomic mass is 16.3. The van der Waals surface area contributed by atoms with Gasteiger partial charge in [0, 0.05) is 38.3 Å². The van der Waals surface area contributed by atoms with Gasteiger partial charge in [-0.3, -0.25) is 0 Å². The van der Waals surface area contributed by atoms with Gasteiger partial charge in [-0.25, -0.2) is 4.99 Å². The molecule has 0 spiro atoms. The van der Waals surface area contributed by atoms with E-state index < -0.39 is 0 Å². The van der Waals surface area contributed by atoms with Crippen molar-refractivity contribution in [3.63, 3.8) is 0 Å². The maximum Gasteiger partial charge on any atom is 0.136 e. The molecule has 10 rings (SSSR count). The van der Waals surface area contributed by atoms with E-state index in [4.69, 9.17) is 13.8 Å². The van der Waals surface area contributed by atoms with Crippen LogP contribution in [0.1, 0.15) is 73.8 Å². The molecule has 2 heterocycles. The van der Waals surface area contributed by atoms with E-state index in [-0.39, 0.29) is 5.41 Å². The average Bonchev–Trinajstić information content (AvgIpc) is 3.95. The Hall–Kier alpha value is -7.49. The van der Waals surface area contributed by atoms with Gasteiger partial charge in [-0.15, -0.1) is 0 Å². The minimum Gasteiger partial charge on any atom is -0.456 e. The first kappa shape index (κ1) is 38.7. The summed E-state index contributed by atoms with van der Waals surface area (Å²) in [6, 6.07) is 54.0. The van der Waals surface area contributed by atoms with Crippen molar-refractivity contribution in [1.82, 2.24) is 0 Å². The van der Waals surface area contributed by atoms with Gasteiger partial charge in [-0.05, 0) is 124 Å². The van der Waals surface area contributed by atoms with Crippen LogP contribution in [0.5, 0.6) is 0 Å². The minimum absolute atomic E-state index is 0.0662. The van der Waals surface area contributed by atoms with Crippen molar-refractivity contribution in [1.29, 1.82) is 0 Å². The number of allylic oxidation sites excluding steroid dienone is 3. The van der Waals surface area contributed by atoms with Crippen LogP contribution in [0.3, 0.4) is 0 Å². The van der Waals surface area contributed by atoms with Gasteiger partial charge in [-0.2, -0.15) is 0 Å². The fourth-order valence-electron chi connectivity index (χ4n) is 9.50. The smallest absolute Gasteiger partial charge is 0.136 e. The molecule has 3 nitrogen and oxygen atoms in total. The lowest BCUT2D eigenvalue weighted by molar-refractivity contribution is 0.603. The minimum atomic E-state index is -0.0662. The molecule has 0 saturated heterocycles. The number of nitrogens with zero attached hydrogens (tertiary/aromatic N) is 1. The fraction of sp³-hybridized carbons (Fsp3) is 0.102. The molecule has 0 fully saturated rings. The maximum absolute atomic E-state index is 6.62. The summed E-state index contributed by atoms with van der Waals surface area (Å²) in [5.41, 5.74) is 20.0. The molecule has 0 saturated carbocycles. The monoisotopic (exact) mass is 801 g/mol. The van der Waals surface area contributed by atoms with Gasteiger partial charge < -0.3 is 8.83 Å². The molecule has 62 heavy (non-hydrogen) atoms. The van der Waals surface area contributed by atoms with E-state index in [1.54, 1.807) is 6.08 Å². The topological polar surface area (TPSA) is 38.6 Å². The molecule has 3 heteroatoms. The number of aliphatic imine (C=N–C) groups is 1. The summed E-state index contributed by atoms with van der Waals surface area (Å²) >= 11 is 0. The first-order valence-corrected chi connectivity index (χ1v) is 21.3. The largest absolute Gasteiger partial charge is 0.456 e. The van der Waals surface area contributed by atoms with Crippen LogP contribution < -0.4 is 0 Å². The van der Waals surface area contributed by atoms with Crippen LogP contribution in [0.4, 0.5) is 0 Å². The predicted molar refractivity (Wildman–Crippen MR) is 263 cm³/mol. The van der Waals surface area contributed by atoms with Crippen LogP contribution in [0.2, 0.25) is 0 Å². The summed E-state index contributed by atoms with van der Waals surface area (Å²) in [6.07, 6.45) is 5.84. The van der Waals surface area contributed by atoms with E-state index in [9.17, 15) is 0 Å². The van der Waals surface area contributed by atoms with Crippen LogP contribution in [0.25, 0.3) is 89.7 Å². The zero-order valence-electron chi connectivity index (χ0n) is 35.8. The van der Waals surface area contributed by atoms with Crippen LogP contribution in [0.15, 0.2) is 190 Å². The van der Waals surface area contributed by atoms with E-state index >= 15 is 0 Å². The second-order valence-corrected chi connectivity index (χ2v) is 16.8. The lowest BCUT2D eigenvalue weighted by atomic mass is 9.81. The average molecular weight is 802 g/mol. The van der Waals surface area contributed by atoms with Crippen molar-refractivity contribution < 1.29 is 8.83 Å². The highest BCUT2D eigenvalue weighted by Gasteiger charge is 2.35. The third-order valence-electron chi connectivity index (χ3n) is 12.8. The number of fused-ring (bicyclic) bond motifs is 7. The Bertz CT molecular complexity index is 3380. The summed E-state index contributed by atoms with van der Waals surface area (Å²) in [4.78, 5) is 5.49. The summed E-state index contributed by atoms with van der Waals surface area (Å²) < 4.78 is 12.9. The first-order chi connectivity index (χ1) is 30.2. The molecule has 0 bridgehead atoms. The van der Waals surface area contributed by atoms with E-state index in [2.05, 4.69) is 180 Å². The molecule has 0 amide bonds. The van der Waals surface area contributed by atoms with Crippen molar-refractivity contribution in [2.45, 2.75) is 40.0 Å². The number of hydrogen-bond acceptors (Lipinski definition) is 3. The number of rotatable bonds is 9. The molecule has 0 N–H and O–H groups in total. The Balaban J connectivity index is 1.12. The van der Waals surface area contributed by atoms with E-state index in [0.717, 1.165) is 88.9 Å². The molecule has 7 aromatic carbocycles. The molecule has 0 atom stereocenters. The summed E-state index contributed by atoms with van der Waals surface area (Å²) in [5, 5.41) is 3.00. The van der Waals surface area contributed by atoms with Crippen molar-refractivity contribution in [3.05, 3.63) is 216 Å². The van der Waals surface area contributed by atoms with Gasteiger partial charge in [0.1, 0.15) is 22.5 Å². The van der Waals surface area contributed by atoms with E-state index in [1.165, 1.54) is 33.4 Å². The number of furan rings is 2. The molecule has 0 unspecified atom stereocenters. The van der Waals surface area contributed by atoms with Crippen molar-refractivity contribution in [2.75, 3.05) is 0 Å². The quantitative estimate of drug-likeness (QED) is 0.136. The molecule has 9 aromatic rings. The second-order valence-electron chi connectivity index (χ2n) is 16.8. The standard InChI is InChI=1S/C59H47NO2/c1-8-18-47-52(9-2)61-54-27-16-24-44(56(47)54)38(5)60-58(37(4)36(3)39-19-11-10-12-20-39)48-25-17-28-55-57(48)49-34-42(30-32-53(49)62-55)40-21-15-22-41(33-40)43-29-31-46-45-23-13-14-26-50(45)59(6,7)51(46)35-43/h8-35H,2,5H2,1,3-4,6-7H3/b18-8-,37-36+,60-58?. The Morgan fingerprint density at radius 2 is 1.24 bits per heavy atom. The Morgan fingerprint density at radius 1 is 0.597 bits per heavy atom. The Kier molecular flexibility index (Phi) is 9.49. The summed E-state index contributed by atoms with van der Waals surface area (Å²) in [6.45, 7) is 19.6. The lowest BCUT2D eigenvalue weighted by Gasteiger charge is -2.22. The lowest BCUT2D eigenvalue weighted by Crippen LogP contribution is -2.14. The fourth-order valence-corrected chi connectivity index (χ4v) is 9.50. The van der Waals surface area contributed by atoms with Gasteiger partial charge >= 0.3 is 0 Å². The van der Waals surface area contributed by atoms with E-state index in [0.29, 0.717) is 5.70 Å². The molecule has 1 aliphatic rings. The number of hydrogen-bond donors (Lipinski definition) is 0. The Labute approximate surface area is 363 Å². The maximum atomic E-state index is 6.62. The van der Waals surface area contributed by atoms with Gasteiger partial charge in [0.15, 0.2) is 0 Å². The molecule has 300 valence electrons. The van der Waals surface area contributed by atoms with E-state index in [1.807, 2.05) is 31.2 Å². The van der Waals surface area contributed by atoms with Gasteiger partial charge in [0.25, 0.3) is 0 Å².